The Morgan fingerprint density at radius 2 is 2.13 bits per heavy atom. The van der Waals surface area contributed by atoms with Crippen LogP contribution < -0.4 is 10.6 Å². The Labute approximate surface area is 145 Å². The Kier molecular flexibility index (Phi) is 7.05. The number of methoxy groups -OCH3 is 1. The Morgan fingerprint density at radius 1 is 1.39 bits per heavy atom. The van der Waals surface area contributed by atoms with Crippen LogP contribution in [0.15, 0.2) is 28.7 Å². The van der Waals surface area contributed by atoms with Crippen LogP contribution in [0.5, 0.6) is 0 Å². The third kappa shape index (κ3) is 5.95. The summed E-state index contributed by atoms with van der Waals surface area (Å²) in [5, 5.41) is 6.27. The number of amides is 1. The summed E-state index contributed by atoms with van der Waals surface area (Å²) in [6.07, 6.45) is 2.63. The van der Waals surface area contributed by atoms with E-state index < -0.39 is 0 Å². The molecule has 1 fully saturated rings. The topological polar surface area (TPSA) is 67.4 Å². The van der Waals surface area contributed by atoms with Crippen molar-refractivity contribution in [3.8, 4) is 0 Å². The number of nitrogens with one attached hydrogen (secondary N) is 2. The van der Waals surface area contributed by atoms with Gasteiger partial charge in [-0.25, -0.2) is 0 Å². The minimum atomic E-state index is -0.357. The fourth-order valence-electron chi connectivity index (χ4n) is 2.76. The SMILES string of the molecule is COC(=O)CC(NC(=O)CCC1CCNC1)c1ccc(Br)cc1. The highest BCUT2D eigenvalue weighted by Crippen LogP contribution is 2.21. The highest BCUT2D eigenvalue weighted by molar-refractivity contribution is 9.10. The number of ether oxygens (including phenoxy) is 1. The molecule has 0 spiro atoms. The molecule has 126 valence electrons. The zero-order valence-electron chi connectivity index (χ0n) is 13.3. The Hall–Kier alpha value is -1.40. The van der Waals surface area contributed by atoms with E-state index in [4.69, 9.17) is 4.74 Å². The van der Waals surface area contributed by atoms with Crippen molar-refractivity contribution >= 4 is 27.8 Å². The summed E-state index contributed by atoms with van der Waals surface area (Å²) in [6.45, 7) is 2.03. The molecule has 1 aromatic carbocycles. The molecule has 1 aliphatic rings. The summed E-state index contributed by atoms with van der Waals surface area (Å²) < 4.78 is 5.70. The molecular weight excluding hydrogens is 360 g/mol. The normalized spacial score (nSPS) is 18.4. The van der Waals surface area contributed by atoms with E-state index >= 15 is 0 Å². The molecule has 1 aromatic rings. The smallest absolute Gasteiger partial charge is 0.307 e. The van der Waals surface area contributed by atoms with Crippen LogP contribution in [-0.4, -0.2) is 32.1 Å². The van der Waals surface area contributed by atoms with E-state index in [1.807, 2.05) is 24.3 Å². The maximum atomic E-state index is 12.2. The van der Waals surface area contributed by atoms with Gasteiger partial charge in [-0.1, -0.05) is 28.1 Å². The number of halogens is 1. The predicted molar refractivity (Wildman–Crippen MR) is 91.9 cm³/mol. The summed E-state index contributed by atoms with van der Waals surface area (Å²) in [7, 11) is 1.36. The second kappa shape index (κ2) is 9.03. The lowest BCUT2D eigenvalue weighted by Crippen LogP contribution is -2.30. The van der Waals surface area contributed by atoms with E-state index in [1.165, 1.54) is 7.11 Å². The molecule has 0 aliphatic carbocycles. The quantitative estimate of drug-likeness (QED) is 0.711. The largest absolute Gasteiger partial charge is 0.469 e. The van der Waals surface area contributed by atoms with Gasteiger partial charge >= 0.3 is 5.97 Å². The Bertz CT molecular complexity index is 527. The number of hydrogen-bond acceptors (Lipinski definition) is 4. The molecule has 2 N–H and O–H groups in total. The maximum Gasteiger partial charge on any atom is 0.307 e. The minimum absolute atomic E-state index is 0.0197. The average Bonchev–Trinajstić information content (AvgIpc) is 3.06. The summed E-state index contributed by atoms with van der Waals surface area (Å²) in [5.74, 6) is 0.222. The van der Waals surface area contributed by atoms with Crippen molar-refractivity contribution in [1.29, 1.82) is 0 Å². The molecule has 6 heteroatoms. The lowest BCUT2D eigenvalue weighted by molar-refractivity contribution is -0.141. The molecular formula is C17H23BrN2O3. The lowest BCUT2D eigenvalue weighted by Gasteiger charge is -2.19. The van der Waals surface area contributed by atoms with Crippen molar-refractivity contribution in [3.63, 3.8) is 0 Å². The predicted octanol–water partition coefficient (Wildman–Crippen LogP) is 2.56. The molecule has 1 saturated heterocycles. The van der Waals surface area contributed by atoms with Crippen LogP contribution in [0.2, 0.25) is 0 Å². The molecule has 1 aliphatic heterocycles. The van der Waals surface area contributed by atoms with Crippen LogP contribution in [0.4, 0.5) is 0 Å². The number of benzene rings is 1. The monoisotopic (exact) mass is 382 g/mol. The Balaban J connectivity index is 1.94. The zero-order valence-corrected chi connectivity index (χ0v) is 14.9. The van der Waals surface area contributed by atoms with Crippen LogP contribution in [0.3, 0.4) is 0 Å². The van der Waals surface area contributed by atoms with E-state index in [9.17, 15) is 9.59 Å². The van der Waals surface area contributed by atoms with Gasteiger partial charge < -0.3 is 15.4 Å². The second-order valence-corrected chi connectivity index (χ2v) is 6.77. The molecule has 2 rings (SSSR count). The Morgan fingerprint density at radius 3 is 2.74 bits per heavy atom. The van der Waals surface area contributed by atoms with Crippen LogP contribution >= 0.6 is 15.9 Å². The van der Waals surface area contributed by atoms with Crippen LogP contribution in [0, 0.1) is 5.92 Å². The third-order valence-corrected chi connectivity index (χ3v) is 4.68. The number of rotatable bonds is 7. The molecule has 23 heavy (non-hydrogen) atoms. The summed E-state index contributed by atoms with van der Waals surface area (Å²) in [4.78, 5) is 23.8. The van der Waals surface area contributed by atoms with Gasteiger partial charge in [-0.15, -0.1) is 0 Å². The first kappa shape index (κ1) is 17.9. The standard InChI is InChI=1S/C17H23BrN2O3/c1-23-17(22)10-15(13-3-5-14(18)6-4-13)20-16(21)7-2-12-8-9-19-11-12/h3-6,12,15,19H,2,7-11H2,1H3,(H,20,21). The first-order valence-electron chi connectivity index (χ1n) is 7.91. The second-order valence-electron chi connectivity index (χ2n) is 5.85. The number of hydrogen-bond donors (Lipinski definition) is 2. The van der Waals surface area contributed by atoms with Gasteiger partial charge in [0.2, 0.25) is 5.91 Å². The molecule has 0 aromatic heterocycles. The van der Waals surface area contributed by atoms with Crippen molar-refractivity contribution < 1.29 is 14.3 Å². The van der Waals surface area contributed by atoms with Gasteiger partial charge in [-0.2, -0.15) is 0 Å². The highest BCUT2D eigenvalue weighted by Gasteiger charge is 2.20. The van der Waals surface area contributed by atoms with Crippen molar-refractivity contribution in [2.75, 3.05) is 20.2 Å². The van der Waals surface area contributed by atoms with E-state index in [2.05, 4.69) is 26.6 Å². The van der Waals surface area contributed by atoms with Crippen LogP contribution in [0.25, 0.3) is 0 Å². The molecule has 2 atom stereocenters. The molecule has 5 nitrogen and oxygen atoms in total. The fraction of sp³-hybridized carbons (Fsp3) is 0.529. The van der Waals surface area contributed by atoms with Gasteiger partial charge in [0.15, 0.2) is 0 Å². The van der Waals surface area contributed by atoms with Crippen molar-refractivity contribution in [3.05, 3.63) is 34.3 Å². The molecule has 0 saturated carbocycles. The van der Waals surface area contributed by atoms with Gasteiger partial charge in [0, 0.05) is 10.9 Å². The van der Waals surface area contributed by atoms with Gasteiger partial charge in [-0.3, -0.25) is 9.59 Å². The van der Waals surface area contributed by atoms with Crippen LogP contribution in [-0.2, 0) is 14.3 Å². The van der Waals surface area contributed by atoms with Crippen molar-refractivity contribution in [1.82, 2.24) is 10.6 Å². The third-order valence-electron chi connectivity index (χ3n) is 4.15. The van der Waals surface area contributed by atoms with E-state index in [0.717, 1.165) is 36.0 Å². The average molecular weight is 383 g/mol. The first-order valence-corrected chi connectivity index (χ1v) is 8.70. The summed E-state index contributed by atoms with van der Waals surface area (Å²) in [6, 6.07) is 7.24. The molecule has 0 bridgehead atoms. The van der Waals surface area contributed by atoms with Crippen molar-refractivity contribution in [2.45, 2.75) is 31.7 Å². The minimum Gasteiger partial charge on any atom is -0.469 e. The molecule has 0 radical (unpaired) electrons. The van der Waals surface area contributed by atoms with Crippen molar-refractivity contribution in [2.24, 2.45) is 5.92 Å². The van der Waals surface area contributed by atoms with Gasteiger partial charge in [0.05, 0.1) is 19.6 Å². The van der Waals surface area contributed by atoms with Gasteiger partial charge in [0.1, 0.15) is 0 Å². The lowest BCUT2D eigenvalue weighted by atomic mass is 10.0. The van der Waals surface area contributed by atoms with E-state index in [-0.39, 0.29) is 24.3 Å². The highest BCUT2D eigenvalue weighted by atomic mass is 79.9. The molecule has 1 heterocycles. The molecule has 1 amide bonds. The molecule has 2 unspecified atom stereocenters. The maximum absolute atomic E-state index is 12.2. The van der Waals surface area contributed by atoms with E-state index in [1.54, 1.807) is 0 Å². The van der Waals surface area contributed by atoms with Gasteiger partial charge in [-0.05, 0) is 49.5 Å². The summed E-state index contributed by atoms with van der Waals surface area (Å²) in [5.41, 5.74) is 0.898. The number of esters is 1. The van der Waals surface area contributed by atoms with Gasteiger partial charge in [0.25, 0.3) is 0 Å². The number of carbonyl (C=O) groups excluding carboxylic acids is 2. The number of carbonyl (C=O) groups is 2. The first-order chi connectivity index (χ1) is 11.1. The zero-order chi connectivity index (χ0) is 16.7. The summed E-state index contributed by atoms with van der Waals surface area (Å²) >= 11 is 3.39. The van der Waals surface area contributed by atoms with Crippen LogP contribution in [0.1, 0.15) is 37.3 Å². The van der Waals surface area contributed by atoms with E-state index in [0.29, 0.717) is 12.3 Å². The fourth-order valence-corrected chi connectivity index (χ4v) is 3.02.